The van der Waals surface area contributed by atoms with Crippen LogP contribution in [0.3, 0.4) is 0 Å². The number of ether oxygens (including phenoxy) is 1. The molecule has 0 aliphatic carbocycles. The van der Waals surface area contributed by atoms with Gasteiger partial charge in [0.05, 0.1) is 13.0 Å². The lowest BCUT2D eigenvalue weighted by atomic mass is 9.94. The van der Waals surface area contributed by atoms with Gasteiger partial charge in [0.1, 0.15) is 0 Å². The highest BCUT2D eigenvalue weighted by Crippen LogP contribution is 2.28. The Morgan fingerprint density at radius 3 is 2.31 bits per heavy atom. The number of hydrogen-bond acceptors (Lipinski definition) is 6. The zero-order valence-electron chi connectivity index (χ0n) is 14.9. The summed E-state index contributed by atoms with van der Waals surface area (Å²) in [6.07, 6.45) is 1.52. The van der Waals surface area contributed by atoms with Crippen molar-refractivity contribution in [3.63, 3.8) is 0 Å². The van der Waals surface area contributed by atoms with E-state index in [-0.39, 0.29) is 31.8 Å². The van der Waals surface area contributed by atoms with Gasteiger partial charge in [-0.05, 0) is 31.5 Å². The molecule has 1 unspecified atom stereocenters. The van der Waals surface area contributed by atoms with Gasteiger partial charge in [-0.1, -0.05) is 30.3 Å². The molecule has 9 heteroatoms. The fraction of sp³-hybridized carbons (Fsp3) is 0.529. The topological polar surface area (TPSA) is 102 Å². The average molecular weight is 405 g/mol. The second-order valence-corrected chi connectivity index (χ2v) is 8.54. The third kappa shape index (κ3) is 4.75. The molecule has 1 aliphatic rings. The molecular weight excluding hydrogens is 380 g/mol. The molecule has 2 rings (SSSR count). The highest BCUT2D eigenvalue weighted by molar-refractivity contribution is 7.92. The second kappa shape index (κ2) is 9.34. The molecule has 146 valence electrons. The van der Waals surface area contributed by atoms with Crippen molar-refractivity contribution < 1.29 is 22.7 Å². The first kappa shape index (κ1) is 22.4. The van der Waals surface area contributed by atoms with Crippen molar-refractivity contribution >= 4 is 34.1 Å². The van der Waals surface area contributed by atoms with Crippen molar-refractivity contribution in [1.29, 1.82) is 0 Å². The summed E-state index contributed by atoms with van der Waals surface area (Å²) >= 11 is 0. The number of carbonyl (C=O) groups excluding carboxylic acids is 2. The highest BCUT2D eigenvalue weighted by Gasteiger charge is 2.48. The van der Waals surface area contributed by atoms with E-state index >= 15 is 0 Å². The average Bonchev–Trinajstić information content (AvgIpc) is 2.62. The summed E-state index contributed by atoms with van der Waals surface area (Å²) in [5.74, 6) is -1.72. The van der Waals surface area contributed by atoms with Gasteiger partial charge in [0, 0.05) is 12.8 Å². The van der Waals surface area contributed by atoms with Crippen molar-refractivity contribution in [3.8, 4) is 0 Å². The molecule has 0 spiro atoms. The van der Waals surface area contributed by atoms with E-state index in [0.29, 0.717) is 18.7 Å². The molecule has 0 radical (unpaired) electrons. The van der Waals surface area contributed by atoms with Gasteiger partial charge in [-0.25, -0.2) is 8.42 Å². The smallest absolute Gasteiger partial charge is 0.314 e. The molecule has 2 N–H and O–H groups in total. The number of benzene rings is 1. The number of piperidine rings is 1. The molecule has 1 atom stereocenters. The fourth-order valence-corrected chi connectivity index (χ4v) is 4.47. The van der Waals surface area contributed by atoms with Crippen LogP contribution in [0.4, 0.5) is 0 Å². The Hall–Kier alpha value is -1.64. The van der Waals surface area contributed by atoms with Crippen LogP contribution in [0.5, 0.6) is 0 Å². The van der Waals surface area contributed by atoms with Crippen molar-refractivity contribution in [1.82, 2.24) is 10.6 Å². The molecule has 1 fully saturated rings. The Morgan fingerprint density at radius 1 is 1.23 bits per heavy atom. The minimum Gasteiger partial charge on any atom is -0.468 e. The number of rotatable bonds is 6. The van der Waals surface area contributed by atoms with E-state index < -0.39 is 32.4 Å². The maximum absolute atomic E-state index is 12.7. The number of nitrogens with one attached hydrogen (secondary N) is 2. The summed E-state index contributed by atoms with van der Waals surface area (Å²) in [6, 6.07) is 8.94. The maximum atomic E-state index is 12.7. The van der Waals surface area contributed by atoms with E-state index in [0.717, 1.165) is 6.26 Å². The van der Waals surface area contributed by atoms with Gasteiger partial charge in [-0.3, -0.25) is 9.59 Å². The number of halogens is 1. The van der Waals surface area contributed by atoms with E-state index in [1.54, 1.807) is 24.3 Å². The molecule has 1 aromatic carbocycles. The van der Waals surface area contributed by atoms with Crippen LogP contribution in [-0.2, 0) is 24.2 Å². The number of carbonyl (C=O) groups is 2. The summed E-state index contributed by atoms with van der Waals surface area (Å²) in [5.41, 5.74) is 0.702. The van der Waals surface area contributed by atoms with E-state index in [9.17, 15) is 18.0 Å². The zero-order chi connectivity index (χ0) is 18.5. The first-order valence-corrected chi connectivity index (χ1v) is 10.0. The van der Waals surface area contributed by atoms with Crippen LogP contribution in [-0.4, -0.2) is 58.0 Å². The lowest BCUT2D eigenvalue weighted by Crippen LogP contribution is -2.57. The number of amides is 1. The molecule has 26 heavy (non-hydrogen) atoms. The summed E-state index contributed by atoms with van der Waals surface area (Å²) in [5, 5.41) is 5.73. The molecule has 0 bridgehead atoms. The maximum Gasteiger partial charge on any atom is 0.314 e. The second-order valence-electron chi connectivity index (χ2n) is 6.21. The zero-order valence-corrected chi connectivity index (χ0v) is 16.5. The molecule has 1 aliphatic heterocycles. The molecule has 1 heterocycles. The molecular formula is C17H25ClN2O5S. The Bertz CT molecular complexity index is 718. The Kier molecular flexibility index (Phi) is 8.05. The van der Waals surface area contributed by atoms with Gasteiger partial charge in [0.25, 0.3) is 0 Å². The third-order valence-electron chi connectivity index (χ3n) is 4.69. The van der Waals surface area contributed by atoms with E-state index in [1.165, 1.54) is 7.11 Å². The third-order valence-corrected chi connectivity index (χ3v) is 6.70. The van der Waals surface area contributed by atoms with Gasteiger partial charge >= 0.3 is 5.97 Å². The van der Waals surface area contributed by atoms with E-state index in [4.69, 9.17) is 4.74 Å². The van der Waals surface area contributed by atoms with Crippen LogP contribution in [0, 0.1) is 0 Å². The Labute approximate surface area is 160 Å². The lowest BCUT2D eigenvalue weighted by molar-refractivity contribution is -0.142. The number of hydrogen-bond donors (Lipinski definition) is 2. The van der Waals surface area contributed by atoms with Gasteiger partial charge < -0.3 is 15.4 Å². The number of methoxy groups -OCH3 is 1. The molecule has 7 nitrogen and oxygen atoms in total. The van der Waals surface area contributed by atoms with E-state index in [1.807, 2.05) is 6.07 Å². The van der Waals surface area contributed by atoms with Gasteiger partial charge in [-0.15, -0.1) is 12.4 Å². The SMILES string of the molecule is COC(=O)C(CNC(=O)C1(S(C)(=O)=O)CCNCC1)c1ccccc1.Cl. The largest absolute Gasteiger partial charge is 0.468 e. The van der Waals surface area contributed by atoms with Crippen LogP contribution >= 0.6 is 12.4 Å². The quantitative estimate of drug-likeness (QED) is 0.675. The van der Waals surface area contributed by atoms with Crippen LogP contribution < -0.4 is 10.6 Å². The van der Waals surface area contributed by atoms with Crippen molar-refractivity contribution in [2.75, 3.05) is 33.0 Å². The Balaban J connectivity index is 0.00000338. The fourth-order valence-electron chi connectivity index (χ4n) is 3.12. The van der Waals surface area contributed by atoms with Crippen molar-refractivity contribution in [2.45, 2.75) is 23.5 Å². The van der Waals surface area contributed by atoms with Crippen LogP contribution in [0.25, 0.3) is 0 Å². The minimum atomic E-state index is -3.59. The first-order valence-electron chi connectivity index (χ1n) is 8.13. The predicted octanol–water partition coefficient (Wildman–Crippen LogP) is 0.648. The monoisotopic (exact) mass is 404 g/mol. The summed E-state index contributed by atoms with van der Waals surface area (Å²) in [6.45, 7) is 0.902. The minimum absolute atomic E-state index is 0. The lowest BCUT2D eigenvalue weighted by Gasteiger charge is -2.34. The van der Waals surface area contributed by atoms with Crippen LogP contribution in [0.15, 0.2) is 30.3 Å². The van der Waals surface area contributed by atoms with E-state index in [2.05, 4.69) is 10.6 Å². The molecule has 1 saturated heterocycles. The van der Waals surface area contributed by atoms with Crippen LogP contribution in [0.1, 0.15) is 24.3 Å². The summed E-state index contributed by atoms with van der Waals surface area (Å²) < 4.78 is 27.9. The van der Waals surface area contributed by atoms with Gasteiger partial charge in [0.2, 0.25) is 5.91 Å². The number of sulfone groups is 1. The Morgan fingerprint density at radius 2 is 1.81 bits per heavy atom. The van der Waals surface area contributed by atoms with Crippen molar-refractivity contribution in [3.05, 3.63) is 35.9 Å². The summed E-state index contributed by atoms with van der Waals surface area (Å²) in [4.78, 5) is 24.8. The van der Waals surface area contributed by atoms with Crippen molar-refractivity contribution in [2.24, 2.45) is 0 Å². The molecule has 1 aromatic rings. The molecule has 0 aromatic heterocycles. The standard InChI is InChI=1S/C17H24N2O5S.ClH/c1-24-15(20)14(13-6-4-3-5-7-13)12-19-16(21)17(25(2,22)23)8-10-18-11-9-17;/h3-7,14,18H,8-12H2,1-2H3,(H,19,21);1H. The van der Waals surface area contributed by atoms with Gasteiger partial charge in [-0.2, -0.15) is 0 Å². The number of esters is 1. The highest BCUT2D eigenvalue weighted by atomic mass is 35.5. The predicted molar refractivity (Wildman–Crippen MR) is 101 cm³/mol. The van der Waals surface area contributed by atoms with Gasteiger partial charge in [0.15, 0.2) is 14.6 Å². The first-order chi connectivity index (χ1) is 11.8. The normalized spacial score (nSPS) is 17.5. The summed E-state index contributed by atoms with van der Waals surface area (Å²) in [7, 11) is -2.31. The van der Waals surface area contributed by atoms with Crippen LogP contribution in [0.2, 0.25) is 0 Å². The molecule has 0 saturated carbocycles. The molecule has 1 amide bonds.